The van der Waals surface area contributed by atoms with E-state index in [0.29, 0.717) is 6.54 Å². The van der Waals surface area contributed by atoms with Crippen LogP contribution in [0.1, 0.15) is 19.8 Å². The zero-order chi connectivity index (χ0) is 11.6. The van der Waals surface area contributed by atoms with Gasteiger partial charge in [0, 0.05) is 25.5 Å². The van der Waals surface area contributed by atoms with Gasteiger partial charge in [-0.05, 0) is 19.4 Å². The number of rotatable bonds is 8. The summed E-state index contributed by atoms with van der Waals surface area (Å²) in [6.45, 7) is 4.99. The summed E-state index contributed by atoms with van der Waals surface area (Å²) in [5.41, 5.74) is 0. The Hall–Kier alpha value is -1.36. The number of carbonyl (C=O) groups excluding carboxylic acids is 1. The minimum atomic E-state index is 0.0736. The van der Waals surface area contributed by atoms with E-state index in [9.17, 15) is 4.79 Å². The minimum absolute atomic E-state index is 0.0736. The summed E-state index contributed by atoms with van der Waals surface area (Å²) < 4.78 is 2.03. The molecule has 0 spiro atoms. The van der Waals surface area contributed by atoms with Gasteiger partial charge in [-0.1, -0.05) is 6.92 Å². The molecule has 0 saturated carbocycles. The van der Waals surface area contributed by atoms with Crippen LogP contribution in [-0.2, 0) is 11.3 Å². The van der Waals surface area contributed by atoms with Gasteiger partial charge in [0.1, 0.15) is 0 Å². The predicted octanol–water partition coefficient (Wildman–Crippen LogP) is 0.389. The SMILES string of the molecule is CCCNC(=O)CNCCCn1ccnc1. The van der Waals surface area contributed by atoms with E-state index in [1.165, 1.54) is 0 Å². The summed E-state index contributed by atoms with van der Waals surface area (Å²) >= 11 is 0. The Morgan fingerprint density at radius 2 is 2.31 bits per heavy atom. The molecule has 1 amide bonds. The first kappa shape index (κ1) is 12.7. The fourth-order valence-electron chi connectivity index (χ4n) is 1.33. The molecule has 0 saturated heterocycles. The second-order valence-corrected chi connectivity index (χ2v) is 3.68. The van der Waals surface area contributed by atoms with Gasteiger partial charge in [0.05, 0.1) is 12.9 Å². The Morgan fingerprint density at radius 1 is 1.44 bits per heavy atom. The van der Waals surface area contributed by atoms with Crippen molar-refractivity contribution in [3.63, 3.8) is 0 Å². The van der Waals surface area contributed by atoms with E-state index >= 15 is 0 Å². The van der Waals surface area contributed by atoms with Gasteiger partial charge in [0.25, 0.3) is 0 Å². The average molecular weight is 224 g/mol. The zero-order valence-electron chi connectivity index (χ0n) is 9.78. The Bertz CT molecular complexity index is 284. The van der Waals surface area contributed by atoms with Crippen LogP contribution in [0, 0.1) is 0 Å². The van der Waals surface area contributed by atoms with Crippen molar-refractivity contribution < 1.29 is 4.79 Å². The standard InChI is InChI=1S/C11H20N4O/c1-2-4-14-11(16)9-12-5-3-7-15-8-6-13-10-15/h6,8,10,12H,2-5,7,9H2,1H3,(H,14,16). The normalized spacial score (nSPS) is 10.3. The van der Waals surface area contributed by atoms with E-state index in [4.69, 9.17) is 0 Å². The number of imidazole rings is 1. The lowest BCUT2D eigenvalue weighted by Gasteiger charge is -2.05. The molecule has 0 aliphatic heterocycles. The molecule has 0 atom stereocenters. The van der Waals surface area contributed by atoms with Crippen molar-refractivity contribution in [1.29, 1.82) is 0 Å². The lowest BCUT2D eigenvalue weighted by molar-refractivity contribution is -0.120. The molecule has 16 heavy (non-hydrogen) atoms. The molecular formula is C11H20N4O. The lowest BCUT2D eigenvalue weighted by atomic mass is 10.4. The molecule has 5 nitrogen and oxygen atoms in total. The van der Waals surface area contributed by atoms with Gasteiger partial charge in [-0.2, -0.15) is 0 Å². The van der Waals surface area contributed by atoms with Crippen LogP contribution >= 0.6 is 0 Å². The highest BCUT2D eigenvalue weighted by molar-refractivity contribution is 5.77. The molecule has 1 aromatic heterocycles. The number of carbonyl (C=O) groups is 1. The Labute approximate surface area is 96.3 Å². The van der Waals surface area contributed by atoms with Crippen molar-refractivity contribution in [3.05, 3.63) is 18.7 Å². The minimum Gasteiger partial charge on any atom is -0.355 e. The summed E-state index contributed by atoms with van der Waals surface area (Å²) in [6, 6.07) is 0. The van der Waals surface area contributed by atoms with Gasteiger partial charge in [-0.3, -0.25) is 4.79 Å². The quantitative estimate of drug-likeness (QED) is 0.628. The molecule has 2 N–H and O–H groups in total. The molecule has 0 aromatic carbocycles. The number of nitrogens with zero attached hydrogens (tertiary/aromatic N) is 2. The van der Waals surface area contributed by atoms with Crippen LogP contribution in [0.3, 0.4) is 0 Å². The highest BCUT2D eigenvalue weighted by atomic mass is 16.1. The number of hydrogen-bond acceptors (Lipinski definition) is 3. The molecule has 0 aliphatic rings. The third-order valence-electron chi connectivity index (χ3n) is 2.19. The second-order valence-electron chi connectivity index (χ2n) is 3.68. The summed E-state index contributed by atoms with van der Waals surface area (Å²) in [7, 11) is 0. The predicted molar refractivity (Wildman–Crippen MR) is 63.0 cm³/mol. The topological polar surface area (TPSA) is 59.0 Å². The number of nitrogens with one attached hydrogen (secondary N) is 2. The van der Waals surface area contributed by atoms with Crippen LogP contribution in [-0.4, -0.2) is 35.1 Å². The van der Waals surface area contributed by atoms with Crippen LogP contribution in [0.15, 0.2) is 18.7 Å². The van der Waals surface area contributed by atoms with E-state index in [0.717, 1.165) is 32.5 Å². The van der Waals surface area contributed by atoms with Crippen molar-refractivity contribution >= 4 is 5.91 Å². The first-order valence-corrected chi connectivity index (χ1v) is 5.76. The number of aryl methyl sites for hydroxylation is 1. The molecular weight excluding hydrogens is 204 g/mol. The molecule has 0 unspecified atom stereocenters. The van der Waals surface area contributed by atoms with Crippen LogP contribution < -0.4 is 10.6 Å². The fraction of sp³-hybridized carbons (Fsp3) is 0.636. The van der Waals surface area contributed by atoms with E-state index in [1.54, 1.807) is 12.5 Å². The van der Waals surface area contributed by atoms with Crippen molar-refractivity contribution in [2.24, 2.45) is 0 Å². The third-order valence-corrected chi connectivity index (χ3v) is 2.19. The maximum atomic E-state index is 11.2. The number of amides is 1. The van der Waals surface area contributed by atoms with E-state index < -0.39 is 0 Å². The third kappa shape index (κ3) is 5.50. The molecule has 0 radical (unpaired) electrons. The van der Waals surface area contributed by atoms with E-state index in [-0.39, 0.29) is 5.91 Å². The Kier molecular flexibility index (Phi) is 6.25. The van der Waals surface area contributed by atoms with Crippen LogP contribution in [0.25, 0.3) is 0 Å². The van der Waals surface area contributed by atoms with Crippen molar-refractivity contribution in [2.75, 3.05) is 19.6 Å². The first-order chi connectivity index (χ1) is 7.83. The summed E-state index contributed by atoms with van der Waals surface area (Å²) in [5, 5.41) is 5.93. The molecule has 0 fully saturated rings. The van der Waals surface area contributed by atoms with Crippen molar-refractivity contribution in [1.82, 2.24) is 20.2 Å². The van der Waals surface area contributed by atoms with Crippen LogP contribution in [0.5, 0.6) is 0 Å². The first-order valence-electron chi connectivity index (χ1n) is 5.76. The second kappa shape index (κ2) is 7.87. The maximum Gasteiger partial charge on any atom is 0.233 e. The van der Waals surface area contributed by atoms with Gasteiger partial charge in [0.15, 0.2) is 0 Å². The van der Waals surface area contributed by atoms with Crippen LogP contribution in [0.4, 0.5) is 0 Å². The molecule has 1 rings (SSSR count). The Morgan fingerprint density at radius 3 is 3.00 bits per heavy atom. The maximum absolute atomic E-state index is 11.2. The largest absolute Gasteiger partial charge is 0.355 e. The van der Waals surface area contributed by atoms with Gasteiger partial charge in [-0.15, -0.1) is 0 Å². The van der Waals surface area contributed by atoms with Crippen molar-refractivity contribution in [3.8, 4) is 0 Å². The van der Waals surface area contributed by atoms with Crippen molar-refractivity contribution in [2.45, 2.75) is 26.3 Å². The highest BCUT2D eigenvalue weighted by Gasteiger charge is 1.98. The average Bonchev–Trinajstić information content (AvgIpc) is 2.79. The molecule has 0 aliphatic carbocycles. The molecule has 5 heteroatoms. The van der Waals surface area contributed by atoms with E-state index in [1.807, 2.05) is 17.7 Å². The van der Waals surface area contributed by atoms with Gasteiger partial charge < -0.3 is 15.2 Å². The Balaban J connectivity index is 1.93. The van der Waals surface area contributed by atoms with Gasteiger partial charge >= 0.3 is 0 Å². The molecule has 1 aromatic rings. The lowest BCUT2D eigenvalue weighted by Crippen LogP contribution is -2.34. The monoisotopic (exact) mass is 224 g/mol. The molecule has 90 valence electrons. The summed E-state index contributed by atoms with van der Waals surface area (Å²) in [6.07, 6.45) is 7.48. The highest BCUT2D eigenvalue weighted by Crippen LogP contribution is 1.88. The number of hydrogen-bond donors (Lipinski definition) is 2. The summed E-state index contributed by atoms with van der Waals surface area (Å²) in [5.74, 6) is 0.0736. The van der Waals surface area contributed by atoms with Crippen LogP contribution in [0.2, 0.25) is 0 Å². The molecule has 0 bridgehead atoms. The van der Waals surface area contributed by atoms with Gasteiger partial charge in [0.2, 0.25) is 5.91 Å². The number of aromatic nitrogens is 2. The zero-order valence-corrected chi connectivity index (χ0v) is 9.78. The van der Waals surface area contributed by atoms with E-state index in [2.05, 4.69) is 15.6 Å². The smallest absolute Gasteiger partial charge is 0.233 e. The molecule has 1 heterocycles. The summed E-state index contributed by atoms with van der Waals surface area (Å²) in [4.78, 5) is 15.2. The van der Waals surface area contributed by atoms with Gasteiger partial charge in [-0.25, -0.2) is 4.98 Å². The fourth-order valence-corrected chi connectivity index (χ4v) is 1.33.